The molecule has 0 bridgehead atoms. The fraction of sp³-hybridized carbons (Fsp3) is 0.462. The van der Waals surface area contributed by atoms with Crippen molar-refractivity contribution in [1.29, 1.82) is 0 Å². The van der Waals surface area contributed by atoms with Crippen LogP contribution in [0.2, 0.25) is 5.02 Å². The third kappa shape index (κ3) is 2.55. The van der Waals surface area contributed by atoms with Gasteiger partial charge in [-0.3, -0.25) is 4.79 Å². The van der Waals surface area contributed by atoms with Crippen LogP contribution in [0.15, 0.2) is 23.1 Å². The van der Waals surface area contributed by atoms with E-state index >= 15 is 0 Å². The van der Waals surface area contributed by atoms with Crippen LogP contribution in [0.3, 0.4) is 0 Å². The van der Waals surface area contributed by atoms with Crippen LogP contribution in [-0.2, 0) is 14.8 Å². The summed E-state index contributed by atoms with van der Waals surface area (Å²) in [4.78, 5) is 11.2. The van der Waals surface area contributed by atoms with Crippen molar-refractivity contribution >= 4 is 27.6 Å². The van der Waals surface area contributed by atoms with E-state index in [1.807, 2.05) is 0 Å². The molecule has 0 saturated carbocycles. The van der Waals surface area contributed by atoms with E-state index in [1.54, 1.807) is 26.0 Å². The molecule has 1 aliphatic rings. The lowest BCUT2D eigenvalue weighted by atomic mass is 9.99. The third-order valence-corrected chi connectivity index (χ3v) is 6.12. The number of nitrogens with zero attached hydrogens (tertiary/aromatic N) is 1. The molecular weight excluding hydrogens is 302 g/mol. The van der Waals surface area contributed by atoms with Gasteiger partial charge in [-0.25, -0.2) is 8.42 Å². The van der Waals surface area contributed by atoms with Gasteiger partial charge < -0.3 is 5.11 Å². The van der Waals surface area contributed by atoms with Crippen LogP contribution >= 0.6 is 11.6 Å². The van der Waals surface area contributed by atoms with Gasteiger partial charge in [0.25, 0.3) is 0 Å². The second-order valence-corrected chi connectivity index (χ2v) is 7.42. The highest BCUT2D eigenvalue weighted by Crippen LogP contribution is 2.31. The zero-order valence-electron chi connectivity index (χ0n) is 11.2. The van der Waals surface area contributed by atoms with Crippen LogP contribution in [0.5, 0.6) is 0 Å². The number of benzene rings is 1. The van der Waals surface area contributed by atoms with Gasteiger partial charge >= 0.3 is 5.97 Å². The highest BCUT2D eigenvalue weighted by atomic mass is 35.5. The molecule has 0 amide bonds. The minimum atomic E-state index is -3.71. The lowest BCUT2D eigenvalue weighted by Gasteiger charge is -2.18. The highest BCUT2D eigenvalue weighted by molar-refractivity contribution is 7.89. The largest absolute Gasteiger partial charge is 0.481 e. The lowest BCUT2D eigenvalue weighted by Crippen LogP contribution is -2.30. The Balaban J connectivity index is 2.38. The maximum atomic E-state index is 12.6. The van der Waals surface area contributed by atoms with Gasteiger partial charge in [0, 0.05) is 18.1 Å². The molecule has 1 saturated heterocycles. The normalized spacial score (nSPS) is 23.9. The van der Waals surface area contributed by atoms with Gasteiger partial charge in [-0.1, -0.05) is 24.6 Å². The van der Waals surface area contributed by atoms with Crippen LogP contribution in [0.25, 0.3) is 0 Å². The number of halogens is 1. The molecule has 7 heteroatoms. The van der Waals surface area contributed by atoms with Crippen molar-refractivity contribution in [2.24, 2.45) is 11.8 Å². The molecule has 1 fully saturated rings. The van der Waals surface area contributed by atoms with Gasteiger partial charge in [-0.2, -0.15) is 4.31 Å². The Kier molecular flexibility index (Phi) is 4.09. The molecule has 0 radical (unpaired) electrons. The predicted molar refractivity (Wildman–Crippen MR) is 75.2 cm³/mol. The summed E-state index contributed by atoms with van der Waals surface area (Å²) in [5.41, 5.74) is 0.487. The summed E-state index contributed by atoms with van der Waals surface area (Å²) < 4.78 is 26.4. The first kappa shape index (κ1) is 15.3. The first-order valence-corrected chi connectivity index (χ1v) is 8.05. The molecule has 110 valence electrons. The average Bonchev–Trinajstić information content (AvgIpc) is 2.75. The number of carboxylic acid groups (broad SMARTS) is 1. The van der Waals surface area contributed by atoms with Gasteiger partial charge in [0.05, 0.1) is 10.8 Å². The highest BCUT2D eigenvalue weighted by Gasteiger charge is 2.41. The summed E-state index contributed by atoms with van der Waals surface area (Å²) >= 11 is 5.96. The van der Waals surface area contributed by atoms with E-state index < -0.39 is 21.9 Å². The Labute approximate surface area is 123 Å². The zero-order chi connectivity index (χ0) is 15.1. The summed E-state index contributed by atoms with van der Waals surface area (Å²) in [6.45, 7) is 3.61. The molecule has 0 aliphatic carbocycles. The van der Waals surface area contributed by atoms with Gasteiger partial charge in [0.1, 0.15) is 0 Å². The first-order valence-electron chi connectivity index (χ1n) is 6.23. The van der Waals surface area contributed by atoms with Crippen LogP contribution in [0.1, 0.15) is 12.5 Å². The SMILES string of the molecule is Cc1c(Cl)cccc1S(=O)(=O)N1CC(C)C(C(=O)O)C1. The minimum Gasteiger partial charge on any atom is -0.481 e. The van der Waals surface area contributed by atoms with Gasteiger partial charge in [-0.15, -0.1) is 0 Å². The van der Waals surface area contributed by atoms with Crippen LogP contribution in [0.4, 0.5) is 0 Å². The van der Waals surface area contributed by atoms with Crippen molar-refractivity contribution in [2.75, 3.05) is 13.1 Å². The molecule has 2 unspecified atom stereocenters. The molecule has 1 aromatic rings. The van der Waals surface area contributed by atoms with Crippen LogP contribution < -0.4 is 0 Å². The van der Waals surface area contributed by atoms with E-state index in [0.29, 0.717) is 10.6 Å². The van der Waals surface area contributed by atoms with E-state index in [1.165, 1.54) is 10.4 Å². The van der Waals surface area contributed by atoms with Crippen LogP contribution in [0, 0.1) is 18.8 Å². The van der Waals surface area contributed by atoms with Gasteiger partial charge in [0.15, 0.2) is 0 Å². The topological polar surface area (TPSA) is 74.7 Å². The summed E-state index contributed by atoms with van der Waals surface area (Å²) in [5, 5.41) is 9.48. The summed E-state index contributed by atoms with van der Waals surface area (Å²) in [6, 6.07) is 4.70. The predicted octanol–water partition coefficient (Wildman–Crippen LogP) is 1.99. The fourth-order valence-electron chi connectivity index (χ4n) is 2.45. The van der Waals surface area contributed by atoms with Crippen molar-refractivity contribution in [3.63, 3.8) is 0 Å². The molecular formula is C13H16ClNO4S. The Bertz CT molecular complexity index is 644. The van der Waals surface area contributed by atoms with Crippen molar-refractivity contribution < 1.29 is 18.3 Å². The van der Waals surface area contributed by atoms with E-state index in [-0.39, 0.29) is 23.9 Å². The molecule has 5 nitrogen and oxygen atoms in total. The maximum absolute atomic E-state index is 12.6. The summed E-state index contributed by atoms with van der Waals surface area (Å²) in [7, 11) is -3.71. The number of hydrogen-bond donors (Lipinski definition) is 1. The van der Waals surface area contributed by atoms with E-state index in [0.717, 1.165) is 0 Å². The van der Waals surface area contributed by atoms with Crippen molar-refractivity contribution in [1.82, 2.24) is 4.31 Å². The fourth-order valence-corrected chi connectivity index (χ4v) is 4.49. The molecule has 0 aromatic heterocycles. The smallest absolute Gasteiger partial charge is 0.308 e. The minimum absolute atomic E-state index is 0.00475. The maximum Gasteiger partial charge on any atom is 0.308 e. The van der Waals surface area contributed by atoms with Crippen LogP contribution in [-0.4, -0.2) is 36.9 Å². The zero-order valence-corrected chi connectivity index (χ0v) is 12.8. The van der Waals surface area contributed by atoms with Gasteiger partial charge in [0.2, 0.25) is 10.0 Å². The Morgan fingerprint density at radius 3 is 2.60 bits per heavy atom. The number of carbonyl (C=O) groups is 1. The lowest BCUT2D eigenvalue weighted by molar-refractivity contribution is -0.142. The van der Waals surface area contributed by atoms with E-state index in [9.17, 15) is 13.2 Å². The molecule has 1 heterocycles. The second-order valence-electron chi connectivity index (χ2n) is 5.11. The third-order valence-electron chi connectivity index (χ3n) is 3.73. The molecule has 1 N–H and O–H groups in total. The number of aliphatic carboxylic acids is 1. The monoisotopic (exact) mass is 317 g/mol. The van der Waals surface area contributed by atoms with Gasteiger partial charge in [-0.05, 0) is 30.5 Å². The quantitative estimate of drug-likeness (QED) is 0.925. The van der Waals surface area contributed by atoms with Crippen molar-refractivity contribution in [3.05, 3.63) is 28.8 Å². The Hall–Kier alpha value is -1.11. The molecule has 2 rings (SSSR count). The number of hydrogen-bond acceptors (Lipinski definition) is 3. The second kappa shape index (κ2) is 5.35. The van der Waals surface area contributed by atoms with Crippen molar-refractivity contribution in [2.45, 2.75) is 18.7 Å². The number of carboxylic acids is 1. The molecule has 20 heavy (non-hydrogen) atoms. The van der Waals surface area contributed by atoms with E-state index in [4.69, 9.17) is 16.7 Å². The summed E-state index contributed by atoms with van der Waals surface area (Å²) in [5.74, 6) is -1.83. The Morgan fingerprint density at radius 1 is 1.40 bits per heavy atom. The molecule has 0 spiro atoms. The number of rotatable bonds is 3. The first-order chi connectivity index (χ1) is 9.25. The number of sulfonamides is 1. The average molecular weight is 318 g/mol. The standard InChI is InChI=1S/C13H16ClNO4S/c1-8-6-15(7-10(8)13(16)17)20(18,19)12-5-3-4-11(14)9(12)2/h3-5,8,10H,6-7H2,1-2H3,(H,16,17). The Morgan fingerprint density at radius 2 is 2.05 bits per heavy atom. The molecule has 1 aliphatic heterocycles. The molecule has 2 atom stereocenters. The molecule has 1 aromatic carbocycles. The van der Waals surface area contributed by atoms with Crippen molar-refractivity contribution in [3.8, 4) is 0 Å². The van der Waals surface area contributed by atoms with E-state index in [2.05, 4.69) is 0 Å². The summed E-state index contributed by atoms with van der Waals surface area (Å²) in [6.07, 6.45) is 0.